The number of nitrogens with zero attached hydrogens (tertiary/aromatic N) is 5. The van der Waals surface area contributed by atoms with E-state index in [1.807, 2.05) is 36.4 Å². The van der Waals surface area contributed by atoms with Crippen LogP contribution >= 0.6 is 0 Å². The molecular formula is C33H39N7O6. The molecule has 13 heteroatoms. The van der Waals surface area contributed by atoms with E-state index in [-0.39, 0.29) is 24.0 Å². The molecule has 2 aliphatic heterocycles. The number of rotatable bonds is 11. The van der Waals surface area contributed by atoms with Gasteiger partial charge in [-0.3, -0.25) is 4.79 Å². The van der Waals surface area contributed by atoms with Gasteiger partial charge in [-0.1, -0.05) is 24.3 Å². The van der Waals surface area contributed by atoms with Gasteiger partial charge in [0.05, 0.1) is 46.3 Å². The molecule has 1 unspecified atom stereocenters. The Morgan fingerprint density at radius 2 is 1.89 bits per heavy atom. The first-order valence-electron chi connectivity index (χ1n) is 15.1. The zero-order valence-corrected chi connectivity index (χ0v) is 26.1. The Kier molecular flexibility index (Phi) is 10.7. The number of fused-ring (bicyclic) bond motifs is 1. The van der Waals surface area contributed by atoms with Crippen LogP contribution in [-0.4, -0.2) is 85.2 Å². The smallest absolute Gasteiger partial charge is 0.409 e. The Morgan fingerprint density at radius 1 is 1.09 bits per heavy atom. The summed E-state index contributed by atoms with van der Waals surface area (Å²) in [6.45, 7) is 2.42. The van der Waals surface area contributed by atoms with E-state index in [2.05, 4.69) is 15.1 Å². The number of ether oxygens (including phenoxy) is 4. The minimum absolute atomic E-state index is 0.101. The van der Waals surface area contributed by atoms with Gasteiger partial charge >= 0.3 is 6.09 Å². The van der Waals surface area contributed by atoms with Crippen LogP contribution in [-0.2, 0) is 20.7 Å². The Hall–Kier alpha value is -5.17. The molecule has 1 aromatic heterocycles. The van der Waals surface area contributed by atoms with Gasteiger partial charge in [-0.2, -0.15) is 10.1 Å². The highest BCUT2D eigenvalue weighted by atomic mass is 16.6. The first kappa shape index (κ1) is 32.2. The molecule has 5 rings (SSSR count). The van der Waals surface area contributed by atoms with Gasteiger partial charge in [0.15, 0.2) is 11.5 Å². The van der Waals surface area contributed by atoms with E-state index in [4.69, 9.17) is 30.4 Å². The molecule has 3 heterocycles. The minimum atomic E-state index is -0.320. The number of anilines is 2. The van der Waals surface area contributed by atoms with Gasteiger partial charge in [0, 0.05) is 42.9 Å². The number of nitrogens with two attached hydrogens (primary N) is 2. The zero-order valence-electron chi connectivity index (χ0n) is 26.1. The summed E-state index contributed by atoms with van der Waals surface area (Å²) in [4.78, 5) is 35.7. The average Bonchev–Trinajstić information content (AvgIpc) is 3.08. The third kappa shape index (κ3) is 7.72. The fourth-order valence-electron chi connectivity index (χ4n) is 5.50. The van der Waals surface area contributed by atoms with Gasteiger partial charge in [-0.05, 0) is 54.2 Å². The highest BCUT2D eigenvalue weighted by Crippen LogP contribution is 2.36. The number of aromatic nitrogens is 2. The second kappa shape index (κ2) is 15.2. The second-order valence-corrected chi connectivity index (χ2v) is 10.9. The fraction of sp³-hybridized carbons (Fsp3) is 0.364. The molecule has 0 radical (unpaired) electrons. The van der Waals surface area contributed by atoms with Gasteiger partial charge in [0.25, 0.3) is 5.91 Å². The van der Waals surface area contributed by atoms with Crippen molar-refractivity contribution in [3.05, 3.63) is 76.5 Å². The van der Waals surface area contributed by atoms with E-state index in [9.17, 15) is 9.59 Å². The molecular weight excluding hydrogens is 590 g/mol. The van der Waals surface area contributed by atoms with Crippen LogP contribution in [0.1, 0.15) is 53.1 Å². The van der Waals surface area contributed by atoms with Crippen molar-refractivity contribution in [2.24, 2.45) is 5.10 Å². The van der Waals surface area contributed by atoms with Crippen molar-refractivity contribution in [3.63, 3.8) is 0 Å². The van der Waals surface area contributed by atoms with Crippen LogP contribution in [0, 0.1) is 0 Å². The molecule has 2 aliphatic rings. The van der Waals surface area contributed by atoms with Gasteiger partial charge < -0.3 is 35.3 Å². The van der Waals surface area contributed by atoms with Crippen LogP contribution in [0.4, 0.5) is 16.6 Å². The molecule has 1 saturated heterocycles. The topological polar surface area (TPSA) is 168 Å². The Balaban J connectivity index is 1.29. The number of hydrogen-bond acceptors (Lipinski definition) is 11. The van der Waals surface area contributed by atoms with Crippen molar-refractivity contribution in [1.82, 2.24) is 19.9 Å². The molecule has 3 aromatic rings. The van der Waals surface area contributed by atoms with E-state index in [0.29, 0.717) is 80.6 Å². The van der Waals surface area contributed by atoms with E-state index in [1.54, 1.807) is 37.6 Å². The molecule has 0 aliphatic carbocycles. The lowest BCUT2D eigenvalue weighted by Gasteiger charge is -2.31. The van der Waals surface area contributed by atoms with Crippen LogP contribution in [0.3, 0.4) is 0 Å². The van der Waals surface area contributed by atoms with Crippen LogP contribution in [0.15, 0.2) is 53.8 Å². The van der Waals surface area contributed by atoms with Crippen molar-refractivity contribution < 1.29 is 28.5 Å². The zero-order chi connectivity index (χ0) is 32.5. The van der Waals surface area contributed by atoms with Gasteiger partial charge in [0.2, 0.25) is 5.95 Å². The summed E-state index contributed by atoms with van der Waals surface area (Å²) in [5.41, 5.74) is 15.9. The lowest BCUT2D eigenvalue weighted by molar-refractivity contribution is -0.128. The van der Waals surface area contributed by atoms with Crippen molar-refractivity contribution in [2.75, 3.05) is 58.6 Å². The molecule has 1 atom stereocenters. The Bertz CT molecular complexity index is 1610. The lowest BCUT2D eigenvalue weighted by atomic mass is 9.94. The summed E-state index contributed by atoms with van der Waals surface area (Å²) >= 11 is 0. The Morgan fingerprint density at radius 3 is 2.65 bits per heavy atom. The number of hydrazone groups is 1. The third-order valence-corrected chi connectivity index (χ3v) is 7.85. The van der Waals surface area contributed by atoms with Crippen LogP contribution < -0.4 is 20.9 Å². The fourth-order valence-corrected chi connectivity index (χ4v) is 5.50. The maximum absolute atomic E-state index is 13.7. The molecule has 0 bridgehead atoms. The van der Waals surface area contributed by atoms with Crippen molar-refractivity contribution in [1.29, 1.82) is 0 Å². The molecule has 0 saturated carbocycles. The normalized spacial score (nSPS) is 15.9. The van der Waals surface area contributed by atoms with Gasteiger partial charge in [0.1, 0.15) is 5.82 Å². The standard InChI is InChI=1S/C33H39N7O6/c1-43-28-19-22(18-25-20-36-32(35)38-31(25)34)17-23(30(28)44-2)10-11-29(41)40-27(26-8-4-3-7-24(26)21-37-40)9-5-6-14-46-33(42)39-12-15-45-16-13-39/h3-4,7-8,10-11,17,19-21,27H,5-6,9,12-16,18H2,1-2H3,(H4,34,35,36,38)/b11-10+. The van der Waals surface area contributed by atoms with E-state index in [0.717, 1.165) is 23.1 Å². The lowest BCUT2D eigenvalue weighted by Crippen LogP contribution is -2.41. The number of morpholine rings is 1. The molecule has 2 aromatic carbocycles. The third-order valence-electron chi connectivity index (χ3n) is 7.85. The van der Waals surface area contributed by atoms with Crippen LogP contribution in [0.5, 0.6) is 11.5 Å². The molecule has 0 spiro atoms. The minimum Gasteiger partial charge on any atom is -0.493 e. The number of benzene rings is 2. The van der Waals surface area contributed by atoms with E-state index in [1.165, 1.54) is 11.1 Å². The van der Waals surface area contributed by atoms with E-state index >= 15 is 0 Å². The first-order valence-corrected chi connectivity index (χ1v) is 15.1. The summed E-state index contributed by atoms with van der Waals surface area (Å²) in [7, 11) is 3.09. The molecule has 13 nitrogen and oxygen atoms in total. The number of amides is 2. The number of carbonyl (C=O) groups is 2. The van der Waals surface area contributed by atoms with Crippen molar-refractivity contribution in [2.45, 2.75) is 31.7 Å². The average molecular weight is 630 g/mol. The predicted molar refractivity (Wildman–Crippen MR) is 173 cm³/mol. The summed E-state index contributed by atoms with van der Waals surface area (Å²) in [6, 6.07) is 11.3. The summed E-state index contributed by atoms with van der Waals surface area (Å²) < 4.78 is 22.0. The number of methoxy groups -OCH3 is 2. The monoisotopic (exact) mass is 629 g/mol. The molecule has 1 fully saturated rings. The molecule has 2 amide bonds. The van der Waals surface area contributed by atoms with Crippen LogP contribution in [0.2, 0.25) is 0 Å². The summed E-state index contributed by atoms with van der Waals surface area (Å²) in [5.74, 6) is 1.08. The first-order chi connectivity index (χ1) is 22.4. The largest absolute Gasteiger partial charge is 0.493 e. The highest BCUT2D eigenvalue weighted by Gasteiger charge is 2.28. The highest BCUT2D eigenvalue weighted by molar-refractivity contribution is 5.95. The SMILES string of the molecule is COc1cc(Cc2cnc(N)nc2N)cc(/C=C/C(=O)N2N=Cc3ccccc3C2CCCCOC(=O)N2CCOCC2)c1OC. The number of carbonyl (C=O) groups excluding carboxylic acids is 2. The quantitative estimate of drug-likeness (QED) is 0.235. The molecule has 4 N–H and O–H groups in total. The van der Waals surface area contributed by atoms with E-state index < -0.39 is 0 Å². The predicted octanol–water partition coefficient (Wildman–Crippen LogP) is 3.82. The summed E-state index contributed by atoms with van der Waals surface area (Å²) in [6.07, 6.45) is 8.57. The summed E-state index contributed by atoms with van der Waals surface area (Å²) in [5, 5.41) is 6.03. The van der Waals surface area contributed by atoms with Gasteiger partial charge in [-0.15, -0.1) is 0 Å². The maximum Gasteiger partial charge on any atom is 0.409 e. The number of nitrogen functional groups attached to an aromatic ring is 2. The van der Waals surface area contributed by atoms with Gasteiger partial charge in [-0.25, -0.2) is 14.8 Å². The Labute approximate surface area is 267 Å². The molecule has 242 valence electrons. The van der Waals surface area contributed by atoms with Crippen molar-refractivity contribution >= 4 is 36.1 Å². The second-order valence-electron chi connectivity index (χ2n) is 10.9. The number of hydrogen-bond donors (Lipinski definition) is 2. The van der Waals surface area contributed by atoms with Crippen LogP contribution in [0.25, 0.3) is 6.08 Å². The van der Waals surface area contributed by atoms with Crippen molar-refractivity contribution in [3.8, 4) is 11.5 Å². The number of unbranched alkanes of at least 4 members (excludes halogenated alkanes) is 1. The molecule has 46 heavy (non-hydrogen) atoms. The maximum atomic E-state index is 13.7.